The van der Waals surface area contributed by atoms with Crippen LogP contribution in [0.25, 0.3) is 10.9 Å². The summed E-state index contributed by atoms with van der Waals surface area (Å²) in [5.41, 5.74) is 3.96. The Kier molecular flexibility index (Phi) is 6.39. The predicted molar refractivity (Wildman–Crippen MR) is 126 cm³/mol. The maximum atomic E-state index is 6.38. The molecule has 0 spiro atoms. The van der Waals surface area contributed by atoms with Crippen molar-refractivity contribution < 1.29 is 4.74 Å². The fraction of sp³-hybridized carbons (Fsp3) is 0.136. The monoisotopic (exact) mass is 458 g/mol. The molecule has 0 saturated heterocycles. The normalized spacial score (nSPS) is 11.1. The molecule has 0 aliphatic carbocycles. The number of pyridine rings is 1. The van der Waals surface area contributed by atoms with Crippen molar-refractivity contribution >= 4 is 57.4 Å². The number of benzene rings is 2. The highest BCUT2D eigenvalue weighted by Gasteiger charge is 2.12. The van der Waals surface area contributed by atoms with Crippen LogP contribution in [0, 0.1) is 0 Å². The molecule has 0 radical (unpaired) electrons. The van der Waals surface area contributed by atoms with Gasteiger partial charge >= 0.3 is 0 Å². The second kappa shape index (κ2) is 9.18. The molecular weight excluding hydrogens is 439 g/mol. The molecule has 2 N–H and O–H groups in total. The molecule has 0 unspecified atom stereocenters. The summed E-state index contributed by atoms with van der Waals surface area (Å²) < 4.78 is 7.47. The third-order valence-electron chi connectivity index (χ3n) is 4.58. The Morgan fingerprint density at radius 1 is 1.13 bits per heavy atom. The third-order valence-corrected chi connectivity index (χ3v) is 6.14. The molecule has 4 rings (SSSR count). The van der Waals surface area contributed by atoms with Gasteiger partial charge in [0.1, 0.15) is 5.75 Å². The first-order valence-corrected chi connectivity index (χ1v) is 10.8. The third kappa shape index (κ3) is 4.37. The van der Waals surface area contributed by atoms with Crippen molar-refractivity contribution in [1.29, 1.82) is 0 Å². The van der Waals surface area contributed by atoms with Crippen LogP contribution >= 0.6 is 35.1 Å². The Balaban J connectivity index is 1.73. The van der Waals surface area contributed by atoms with Gasteiger partial charge in [-0.05, 0) is 54.9 Å². The van der Waals surface area contributed by atoms with Gasteiger partial charge in [0.25, 0.3) is 0 Å². The van der Waals surface area contributed by atoms with Gasteiger partial charge in [0, 0.05) is 47.2 Å². The van der Waals surface area contributed by atoms with Gasteiger partial charge in [-0.25, -0.2) is 0 Å². The van der Waals surface area contributed by atoms with Gasteiger partial charge in [0.2, 0.25) is 0 Å². The molecule has 2 heterocycles. The number of methoxy groups -OCH3 is 1. The van der Waals surface area contributed by atoms with Gasteiger partial charge in [-0.2, -0.15) is 0 Å². The molecule has 154 valence electrons. The van der Waals surface area contributed by atoms with E-state index in [0.29, 0.717) is 15.8 Å². The van der Waals surface area contributed by atoms with Crippen LogP contribution in [0.3, 0.4) is 0 Å². The van der Waals surface area contributed by atoms with Crippen LogP contribution in [0.5, 0.6) is 5.75 Å². The van der Waals surface area contributed by atoms with Gasteiger partial charge in [-0.15, -0.1) is 0 Å². The van der Waals surface area contributed by atoms with Crippen LogP contribution in [-0.4, -0.2) is 23.1 Å². The standard InChI is InChI=1S/C22H20Cl2N4OS/c1-25-11-14-13-28(30-16-4-3-7-26-12-16)21-8-15(5-6-17(14)21)27-20-10-22(29-2)19(24)9-18(20)23/h3-10,12-13,25,27H,11H2,1-2H3. The quantitative estimate of drug-likeness (QED) is 0.336. The SMILES string of the molecule is CNCc1cn(Sc2cccnc2)c2cc(Nc3cc(OC)c(Cl)cc3Cl)ccc12. The predicted octanol–water partition coefficient (Wildman–Crippen LogP) is 6.37. The second-order valence-electron chi connectivity index (χ2n) is 6.61. The maximum Gasteiger partial charge on any atom is 0.139 e. The van der Waals surface area contributed by atoms with Gasteiger partial charge in [0.05, 0.1) is 28.4 Å². The summed E-state index contributed by atoms with van der Waals surface area (Å²) in [6.07, 6.45) is 5.79. The molecule has 8 heteroatoms. The summed E-state index contributed by atoms with van der Waals surface area (Å²) in [6, 6.07) is 13.7. The minimum Gasteiger partial charge on any atom is -0.495 e. The summed E-state index contributed by atoms with van der Waals surface area (Å²) in [4.78, 5) is 5.28. The average molecular weight is 459 g/mol. The average Bonchev–Trinajstić information content (AvgIpc) is 3.07. The number of rotatable bonds is 7. The zero-order valence-corrected chi connectivity index (χ0v) is 18.8. The molecule has 5 nitrogen and oxygen atoms in total. The van der Waals surface area contributed by atoms with Crippen LogP contribution < -0.4 is 15.4 Å². The molecule has 0 fully saturated rings. The number of ether oxygens (including phenoxy) is 1. The van der Waals surface area contributed by atoms with Crippen molar-refractivity contribution in [2.75, 3.05) is 19.5 Å². The van der Waals surface area contributed by atoms with Gasteiger partial charge < -0.3 is 15.4 Å². The first-order chi connectivity index (χ1) is 14.6. The van der Waals surface area contributed by atoms with Crippen LogP contribution in [-0.2, 0) is 6.54 Å². The lowest BCUT2D eigenvalue weighted by Crippen LogP contribution is -2.04. The lowest BCUT2D eigenvalue weighted by atomic mass is 10.1. The Labute approximate surface area is 189 Å². The first kappa shape index (κ1) is 20.9. The molecule has 2 aromatic carbocycles. The smallest absolute Gasteiger partial charge is 0.139 e. The maximum absolute atomic E-state index is 6.38. The van der Waals surface area contributed by atoms with E-state index in [4.69, 9.17) is 27.9 Å². The number of anilines is 2. The van der Waals surface area contributed by atoms with Crippen LogP contribution in [0.1, 0.15) is 5.56 Å². The fourth-order valence-corrected chi connectivity index (χ4v) is 4.61. The Morgan fingerprint density at radius 3 is 2.73 bits per heavy atom. The molecule has 0 atom stereocenters. The number of halogens is 2. The topological polar surface area (TPSA) is 51.1 Å². The van der Waals surface area contributed by atoms with E-state index in [1.54, 1.807) is 37.4 Å². The Hall–Kier alpha value is -2.38. The molecule has 0 saturated carbocycles. The molecule has 0 bridgehead atoms. The summed E-state index contributed by atoms with van der Waals surface area (Å²) in [7, 11) is 3.53. The van der Waals surface area contributed by atoms with E-state index in [9.17, 15) is 0 Å². The summed E-state index contributed by atoms with van der Waals surface area (Å²) >= 11 is 14.2. The van der Waals surface area contributed by atoms with Crippen molar-refractivity contribution in [2.24, 2.45) is 0 Å². The molecule has 4 aromatic rings. The van der Waals surface area contributed by atoms with Crippen molar-refractivity contribution in [1.82, 2.24) is 14.3 Å². The highest BCUT2D eigenvalue weighted by molar-refractivity contribution is 7.98. The Morgan fingerprint density at radius 2 is 2.00 bits per heavy atom. The summed E-state index contributed by atoms with van der Waals surface area (Å²) in [6.45, 7) is 0.782. The summed E-state index contributed by atoms with van der Waals surface area (Å²) in [5, 5.41) is 8.80. The number of hydrogen-bond acceptors (Lipinski definition) is 5. The van der Waals surface area contributed by atoms with Crippen molar-refractivity contribution in [3.8, 4) is 5.75 Å². The number of nitrogens with zero attached hydrogens (tertiary/aromatic N) is 2. The van der Waals surface area contributed by atoms with E-state index in [-0.39, 0.29) is 0 Å². The number of fused-ring (bicyclic) bond motifs is 1. The van der Waals surface area contributed by atoms with Gasteiger partial charge in [0.15, 0.2) is 0 Å². The van der Waals surface area contributed by atoms with Crippen LogP contribution in [0.15, 0.2) is 66.0 Å². The minimum absolute atomic E-state index is 0.474. The van der Waals surface area contributed by atoms with E-state index in [2.05, 4.69) is 37.9 Å². The van der Waals surface area contributed by atoms with Gasteiger partial charge in [-0.3, -0.25) is 8.96 Å². The van der Waals surface area contributed by atoms with Crippen LogP contribution in [0.4, 0.5) is 11.4 Å². The molecule has 30 heavy (non-hydrogen) atoms. The molecule has 2 aromatic heterocycles. The molecule has 0 aliphatic heterocycles. The highest BCUT2D eigenvalue weighted by Crippen LogP contribution is 2.37. The molecule has 0 aliphatic rings. The van der Waals surface area contributed by atoms with Crippen molar-refractivity contribution in [2.45, 2.75) is 11.4 Å². The highest BCUT2D eigenvalue weighted by atomic mass is 35.5. The first-order valence-electron chi connectivity index (χ1n) is 9.26. The number of hydrogen-bond donors (Lipinski definition) is 2. The minimum atomic E-state index is 0.474. The number of nitrogens with one attached hydrogen (secondary N) is 2. The van der Waals surface area contributed by atoms with Crippen molar-refractivity contribution in [3.05, 3.63) is 76.7 Å². The van der Waals surface area contributed by atoms with E-state index in [1.807, 2.05) is 31.4 Å². The van der Waals surface area contributed by atoms with Crippen molar-refractivity contribution in [3.63, 3.8) is 0 Å². The molecule has 0 amide bonds. The number of aromatic nitrogens is 2. The Bertz CT molecular complexity index is 1180. The van der Waals surface area contributed by atoms with E-state index in [0.717, 1.165) is 28.3 Å². The molecular formula is C22H20Cl2N4OS. The lowest BCUT2D eigenvalue weighted by Gasteiger charge is -2.12. The van der Waals surface area contributed by atoms with E-state index >= 15 is 0 Å². The van der Waals surface area contributed by atoms with Crippen LogP contribution in [0.2, 0.25) is 10.0 Å². The summed E-state index contributed by atoms with van der Waals surface area (Å²) in [5.74, 6) is 0.566. The van der Waals surface area contributed by atoms with E-state index < -0.39 is 0 Å². The lowest BCUT2D eigenvalue weighted by molar-refractivity contribution is 0.415. The van der Waals surface area contributed by atoms with E-state index in [1.165, 1.54) is 10.9 Å². The largest absolute Gasteiger partial charge is 0.495 e. The zero-order valence-electron chi connectivity index (χ0n) is 16.4. The fourth-order valence-electron chi connectivity index (χ4n) is 3.20. The zero-order chi connectivity index (χ0) is 21.1. The van der Waals surface area contributed by atoms with Gasteiger partial charge in [-0.1, -0.05) is 29.3 Å². The second-order valence-corrected chi connectivity index (χ2v) is 8.48.